The number of benzene rings is 2. The zero-order valence-corrected chi connectivity index (χ0v) is 12.7. The van der Waals surface area contributed by atoms with E-state index < -0.39 is 5.82 Å². The van der Waals surface area contributed by atoms with Crippen molar-refractivity contribution in [2.24, 2.45) is 27.2 Å². The van der Waals surface area contributed by atoms with E-state index in [0.717, 1.165) is 0 Å². The molecule has 0 aromatic heterocycles. The molecule has 2 aromatic carbocycles. The first-order chi connectivity index (χ1) is 10.4. The predicted octanol–water partition coefficient (Wildman–Crippen LogP) is 3.02. The number of hydrogen-bond donors (Lipinski definition) is 3. The molecular weight excluding hydrogens is 328 g/mol. The molecule has 5 nitrogen and oxygen atoms in total. The van der Waals surface area contributed by atoms with Gasteiger partial charge in [0.15, 0.2) is 5.96 Å². The van der Waals surface area contributed by atoms with Crippen molar-refractivity contribution in [2.45, 2.75) is 0 Å². The third-order valence-corrected chi connectivity index (χ3v) is 3.25. The molecule has 2 rings (SSSR count). The van der Waals surface area contributed by atoms with Gasteiger partial charge in [0.25, 0.3) is 0 Å². The molecule has 0 aliphatic heterocycles. The Kier molecular flexibility index (Phi) is 4.85. The van der Waals surface area contributed by atoms with E-state index in [1.165, 1.54) is 18.2 Å². The second-order valence-corrected chi connectivity index (χ2v) is 5.09. The summed E-state index contributed by atoms with van der Waals surface area (Å²) in [6, 6.07) is 9.15. The van der Waals surface area contributed by atoms with Gasteiger partial charge in [0.05, 0.1) is 15.7 Å². The lowest BCUT2D eigenvalue weighted by molar-refractivity contribution is 0.631. The smallest absolute Gasteiger partial charge is 0.223 e. The molecule has 0 fully saturated rings. The van der Waals surface area contributed by atoms with E-state index in [9.17, 15) is 4.39 Å². The molecule has 2 aromatic rings. The normalized spacial score (nSPS) is 11.3. The number of guanidine groups is 2. The Hall–Kier alpha value is -2.31. The number of nitrogens with zero attached hydrogens (tertiary/aromatic N) is 2. The van der Waals surface area contributed by atoms with Gasteiger partial charge in [0, 0.05) is 11.1 Å². The first kappa shape index (κ1) is 16.1. The molecule has 0 atom stereocenters. The highest BCUT2D eigenvalue weighted by atomic mass is 35.5. The summed E-state index contributed by atoms with van der Waals surface area (Å²) < 4.78 is 13.9. The van der Waals surface area contributed by atoms with Crippen LogP contribution in [-0.4, -0.2) is 11.9 Å². The van der Waals surface area contributed by atoms with Crippen molar-refractivity contribution in [1.29, 1.82) is 0 Å². The van der Waals surface area contributed by atoms with E-state index in [1.807, 2.05) is 0 Å². The lowest BCUT2D eigenvalue weighted by atomic mass is 10.0. The summed E-state index contributed by atoms with van der Waals surface area (Å²) in [6.07, 6.45) is 0. The summed E-state index contributed by atoms with van der Waals surface area (Å²) in [7, 11) is 0. The first-order valence-electron chi connectivity index (χ1n) is 6.06. The van der Waals surface area contributed by atoms with Crippen LogP contribution in [0.1, 0.15) is 0 Å². The lowest BCUT2D eigenvalue weighted by Crippen LogP contribution is -2.26. The Morgan fingerprint density at radius 2 is 1.59 bits per heavy atom. The summed E-state index contributed by atoms with van der Waals surface area (Å²) in [4.78, 5) is 7.54. The summed E-state index contributed by atoms with van der Waals surface area (Å²) >= 11 is 12.4. The average Bonchev–Trinajstić information content (AvgIpc) is 2.39. The first-order valence-corrected chi connectivity index (χ1v) is 6.82. The second kappa shape index (κ2) is 6.64. The SMILES string of the molecule is NC(N)=NC(N)=Nc1cc(Cl)c(-c2ccccc2F)c(Cl)c1. The molecule has 0 heterocycles. The van der Waals surface area contributed by atoms with Gasteiger partial charge in [-0.3, -0.25) is 0 Å². The largest absolute Gasteiger partial charge is 0.370 e. The molecule has 0 saturated carbocycles. The Balaban J connectivity index is 2.51. The molecule has 0 amide bonds. The quantitative estimate of drug-likeness (QED) is 0.578. The summed E-state index contributed by atoms with van der Waals surface area (Å²) in [5, 5.41) is 0.461. The molecule has 6 N–H and O–H groups in total. The van der Waals surface area contributed by atoms with Crippen LogP contribution < -0.4 is 17.2 Å². The van der Waals surface area contributed by atoms with E-state index in [2.05, 4.69) is 9.98 Å². The summed E-state index contributed by atoms with van der Waals surface area (Å²) in [5.41, 5.74) is 16.9. The van der Waals surface area contributed by atoms with Gasteiger partial charge in [0.2, 0.25) is 5.96 Å². The molecule has 0 aliphatic rings. The van der Waals surface area contributed by atoms with Crippen LogP contribution >= 0.6 is 23.2 Å². The zero-order chi connectivity index (χ0) is 16.3. The molecular formula is C14H12Cl2FN5. The minimum atomic E-state index is -0.428. The predicted molar refractivity (Wildman–Crippen MR) is 88.9 cm³/mol. The fourth-order valence-electron chi connectivity index (χ4n) is 1.84. The Bertz CT molecular complexity index is 747. The molecule has 0 bridgehead atoms. The van der Waals surface area contributed by atoms with Crippen molar-refractivity contribution in [3.63, 3.8) is 0 Å². The maximum absolute atomic E-state index is 13.9. The highest BCUT2D eigenvalue weighted by Gasteiger charge is 2.14. The van der Waals surface area contributed by atoms with Crippen LogP contribution in [-0.2, 0) is 0 Å². The van der Waals surface area contributed by atoms with Gasteiger partial charge in [-0.1, -0.05) is 41.4 Å². The fourth-order valence-corrected chi connectivity index (χ4v) is 2.51. The molecule has 0 spiro atoms. The van der Waals surface area contributed by atoms with Crippen molar-refractivity contribution < 1.29 is 4.39 Å². The average molecular weight is 340 g/mol. The van der Waals surface area contributed by atoms with Gasteiger partial charge in [-0.25, -0.2) is 9.38 Å². The number of nitrogens with two attached hydrogens (primary N) is 3. The van der Waals surface area contributed by atoms with E-state index in [4.69, 9.17) is 40.4 Å². The van der Waals surface area contributed by atoms with Crippen molar-refractivity contribution in [1.82, 2.24) is 0 Å². The van der Waals surface area contributed by atoms with Crippen molar-refractivity contribution in [2.75, 3.05) is 0 Å². The van der Waals surface area contributed by atoms with E-state index in [0.29, 0.717) is 16.8 Å². The number of aliphatic imine (C=N–C) groups is 2. The van der Waals surface area contributed by atoms with Crippen LogP contribution in [0, 0.1) is 5.82 Å². The van der Waals surface area contributed by atoms with Crippen molar-refractivity contribution in [3.8, 4) is 11.1 Å². The second-order valence-electron chi connectivity index (χ2n) is 4.27. The molecule has 0 unspecified atom stereocenters. The molecule has 22 heavy (non-hydrogen) atoms. The monoisotopic (exact) mass is 339 g/mol. The Labute approximate surface area is 136 Å². The third kappa shape index (κ3) is 3.66. The summed E-state index contributed by atoms with van der Waals surface area (Å²) in [6.45, 7) is 0. The fraction of sp³-hybridized carbons (Fsp3) is 0. The molecule has 8 heteroatoms. The van der Waals surface area contributed by atoms with Crippen molar-refractivity contribution >= 4 is 40.8 Å². The third-order valence-electron chi connectivity index (χ3n) is 2.66. The van der Waals surface area contributed by atoms with Crippen LogP contribution in [0.2, 0.25) is 10.0 Å². The van der Waals surface area contributed by atoms with Gasteiger partial charge >= 0.3 is 0 Å². The van der Waals surface area contributed by atoms with Gasteiger partial charge < -0.3 is 17.2 Å². The lowest BCUT2D eigenvalue weighted by Gasteiger charge is -2.09. The van der Waals surface area contributed by atoms with Gasteiger partial charge in [-0.15, -0.1) is 0 Å². The minimum Gasteiger partial charge on any atom is -0.370 e. The van der Waals surface area contributed by atoms with E-state index >= 15 is 0 Å². The molecule has 0 saturated heterocycles. The van der Waals surface area contributed by atoms with Gasteiger partial charge in [0.1, 0.15) is 5.82 Å². The Morgan fingerprint density at radius 3 is 2.14 bits per heavy atom. The van der Waals surface area contributed by atoms with Crippen LogP contribution in [0.4, 0.5) is 10.1 Å². The van der Waals surface area contributed by atoms with Crippen LogP contribution in [0.3, 0.4) is 0 Å². The highest BCUT2D eigenvalue weighted by Crippen LogP contribution is 2.39. The molecule has 0 radical (unpaired) electrons. The molecule has 0 aliphatic carbocycles. The van der Waals surface area contributed by atoms with E-state index in [-0.39, 0.29) is 22.0 Å². The van der Waals surface area contributed by atoms with Crippen LogP contribution in [0.25, 0.3) is 11.1 Å². The number of hydrogen-bond acceptors (Lipinski definition) is 1. The maximum Gasteiger partial charge on any atom is 0.223 e. The number of halogens is 3. The topological polar surface area (TPSA) is 103 Å². The number of rotatable bonds is 2. The summed E-state index contributed by atoms with van der Waals surface area (Å²) in [5.74, 6) is -0.797. The zero-order valence-electron chi connectivity index (χ0n) is 11.2. The standard InChI is InChI=1S/C14H12Cl2FN5/c15-9-5-7(21-14(20)22-13(18)19)6-10(16)12(9)8-3-1-2-4-11(8)17/h1-6H,(H6,18,19,20,21,22). The molecule has 114 valence electrons. The van der Waals surface area contributed by atoms with Crippen LogP contribution in [0.5, 0.6) is 0 Å². The van der Waals surface area contributed by atoms with E-state index in [1.54, 1.807) is 18.2 Å². The van der Waals surface area contributed by atoms with Gasteiger partial charge in [-0.05, 0) is 18.2 Å². The Morgan fingerprint density at radius 1 is 1.00 bits per heavy atom. The van der Waals surface area contributed by atoms with Gasteiger partial charge in [-0.2, -0.15) is 4.99 Å². The highest BCUT2D eigenvalue weighted by molar-refractivity contribution is 6.39. The maximum atomic E-state index is 13.9. The van der Waals surface area contributed by atoms with Crippen molar-refractivity contribution in [3.05, 3.63) is 52.3 Å². The minimum absolute atomic E-state index is 0.147. The van der Waals surface area contributed by atoms with Crippen LogP contribution in [0.15, 0.2) is 46.4 Å².